The molecule has 26 atom stereocenters. The van der Waals surface area contributed by atoms with Crippen LogP contribution in [0.1, 0.15) is 196 Å². The molecule has 1 aromatic carbocycles. The van der Waals surface area contributed by atoms with E-state index in [1.54, 1.807) is 31.2 Å². The Hall–Kier alpha value is -3.35. The highest BCUT2D eigenvalue weighted by Crippen LogP contribution is 2.39. The van der Waals surface area contributed by atoms with Crippen LogP contribution in [0, 0.1) is 5.92 Å². The van der Waals surface area contributed by atoms with Crippen molar-refractivity contribution in [2.45, 2.75) is 350 Å². The second-order valence-electron chi connectivity index (χ2n) is 26.3. The van der Waals surface area contributed by atoms with Crippen LogP contribution in [0.15, 0.2) is 36.4 Å². The number of fused-ring (bicyclic) bond motifs is 2. The first kappa shape index (κ1) is 75.0. The molecule has 6 heterocycles. The molecule has 91 heavy (non-hydrogen) atoms. The Kier molecular flexibility index (Phi) is 30.7. The van der Waals surface area contributed by atoms with Crippen molar-refractivity contribution in [1.29, 1.82) is 0 Å². The summed E-state index contributed by atoms with van der Waals surface area (Å²) in [7, 11) is 0. The number of hydrogen-bond donors (Lipinski definition) is 8. The van der Waals surface area contributed by atoms with Gasteiger partial charge in [0.15, 0.2) is 49.8 Å². The first-order valence-corrected chi connectivity index (χ1v) is 33.9. The molecule has 0 spiro atoms. The summed E-state index contributed by atoms with van der Waals surface area (Å²) in [6.45, 7) is 14.1. The molecular weight excluding hydrogens is 1190 g/mol. The molecule has 6 aliphatic rings. The molecule has 8 N–H and O–H groups in total. The Labute approximate surface area is 536 Å². The summed E-state index contributed by atoms with van der Waals surface area (Å²) in [6.07, 6.45) is -19.3. The quantitative estimate of drug-likeness (QED) is 0.0275. The van der Waals surface area contributed by atoms with Crippen molar-refractivity contribution in [1.82, 2.24) is 0 Å². The zero-order valence-electron chi connectivity index (χ0n) is 54.6. The fourth-order valence-electron chi connectivity index (χ4n) is 12.7. The number of hydrogen-bond acceptors (Lipinski definition) is 24. The van der Waals surface area contributed by atoms with E-state index in [4.69, 9.17) is 61.6 Å². The van der Waals surface area contributed by atoms with Gasteiger partial charge >= 0.3 is 17.9 Å². The molecule has 0 bridgehead atoms. The number of aliphatic hydroxyl groups is 8. The van der Waals surface area contributed by atoms with Gasteiger partial charge in [0.25, 0.3) is 0 Å². The van der Waals surface area contributed by atoms with Crippen molar-refractivity contribution in [3.63, 3.8) is 0 Å². The van der Waals surface area contributed by atoms with Crippen LogP contribution >= 0.6 is 0 Å². The van der Waals surface area contributed by atoms with Crippen molar-refractivity contribution in [2.75, 3.05) is 0 Å². The lowest BCUT2D eigenvalue weighted by molar-refractivity contribution is -0.399. The minimum absolute atomic E-state index is 0.00240. The van der Waals surface area contributed by atoms with E-state index in [0.717, 1.165) is 109 Å². The molecule has 24 nitrogen and oxygen atoms in total. The van der Waals surface area contributed by atoms with Crippen LogP contribution in [-0.4, -0.2) is 218 Å². The third-order valence-electron chi connectivity index (χ3n) is 18.3. The van der Waals surface area contributed by atoms with Gasteiger partial charge in [0, 0.05) is 18.9 Å². The molecule has 520 valence electrons. The van der Waals surface area contributed by atoms with Crippen LogP contribution in [-0.2, 0) is 76.0 Å². The van der Waals surface area contributed by atoms with Crippen molar-refractivity contribution in [2.24, 2.45) is 5.92 Å². The van der Waals surface area contributed by atoms with Crippen LogP contribution < -0.4 is 0 Å². The second-order valence-corrected chi connectivity index (χ2v) is 26.3. The Morgan fingerprint density at radius 3 is 1.80 bits per heavy atom. The summed E-state index contributed by atoms with van der Waals surface area (Å²) in [5.41, 5.74) is 0.657. The van der Waals surface area contributed by atoms with Crippen LogP contribution in [0.3, 0.4) is 0 Å². The van der Waals surface area contributed by atoms with E-state index in [-0.39, 0.29) is 18.9 Å². The molecule has 0 aromatic heterocycles. The van der Waals surface area contributed by atoms with E-state index in [1.165, 1.54) is 33.8 Å². The van der Waals surface area contributed by atoms with E-state index >= 15 is 0 Å². The van der Waals surface area contributed by atoms with Gasteiger partial charge in [-0.2, -0.15) is 0 Å². The maximum Gasteiger partial charge on any atom is 0.331 e. The van der Waals surface area contributed by atoms with Gasteiger partial charge in [0.05, 0.1) is 36.6 Å². The number of esters is 3. The molecule has 6 fully saturated rings. The van der Waals surface area contributed by atoms with Gasteiger partial charge in [-0.25, -0.2) is 4.79 Å². The van der Waals surface area contributed by atoms with Gasteiger partial charge in [0.2, 0.25) is 0 Å². The van der Waals surface area contributed by atoms with Crippen molar-refractivity contribution in [3.05, 3.63) is 42.0 Å². The lowest BCUT2D eigenvalue weighted by atomic mass is 9.95. The minimum atomic E-state index is -2.00. The van der Waals surface area contributed by atoms with Gasteiger partial charge in [-0.05, 0) is 77.9 Å². The van der Waals surface area contributed by atoms with Crippen molar-refractivity contribution < 1.29 is 117 Å². The SMILES string of the molecule is CCCCC[C@H]1CCCCCCCCCC(=O)O[C@@H]2C(OC3C(O1)O[C@H](C)[C@H](O)[C@@H]3O)O[C@@H](C)[C@H](O[C@@H]1O[C@@H](C)[C@H](O[C@@H]3O[C@@H](C)C(O)C(OC(=O)CCCCCCCCC(C)C)C3OC(=O)/C=C/c3ccccc3)C(O[C@@H]3O[C@H](C)[C@@H](O)[C@H](O)[C@@H]3O)C1O)[C@H]2O. The Balaban J connectivity index is 1.16. The maximum atomic E-state index is 13.8. The molecule has 0 radical (unpaired) electrons. The highest BCUT2D eigenvalue weighted by Gasteiger charge is 2.58. The summed E-state index contributed by atoms with van der Waals surface area (Å²) in [5, 5.41) is 92.8. The third-order valence-corrected chi connectivity index (χ3v) is 18.3. The summed E-state index contributed by atoms with van der Waals surface area (Å²) >= 11 is 0. The lowest BCUT2D eigenvalue weighted by Crippen LogP contribution is -2.68. The van der Waals surface area contributed by atoms with E-state index in [2.05, 4.69) is 20.8 Å². The van der Waals surface area contributed by atoms with Crippen LogP contribution in [0.2, 0.25) is 0 Å². The average Bonchev–Trinajstić information content (AvgIpc) is 0.838. The van der Waals surface area contributed by atoms with Gasteiger partial charge in [0.1, 0.15) is 73.2 Å². The number of carbonyl (C=O) groups is 3. The smallest absolute Gasteiger partial charge is 0.331 e. The number of rotatable bonds is 23. The molecule has 7 rings (SSSR count). The van der Waals surface area contributed by atoms with Crippen molar-refractivity contribution >= 4 is 24.0 Å². The predicted molar refractivity (Wildman–Crippen MR) is 327 cm³/mol. The summed E-state index contributed by atoms with van der Waals surface area (Å²) in [6, 6.07) is 8.89. The standard InChI is InChI=1S/C67H108O24/c1-9-10-21-31-44-32-25-17-12-11-13-18-27-34-46(69)86-61-54(77)56(41(7)83-66(61)91-60-52(75)49(72)39(5)80-65(60)84-44)88-64-55(78)59(90-63-53(76)51(74)48(71)38(4)79-63)57(42(8)82-64)89-67-62(87-47(70)36-35-43-29-23-20-24-30-43)58(50(73)40(6)81-67)85-45(68)33-26-19-15-14-16-22-28-37(2)3/h20,23-24,29-30,35-42,44,48-67,71-78H,9-19,21-22,25-28,31-34H2,1-8H3/b36-35+/t38-,39-,40+,41+,42+,44+,48-,49+,50?,51+,52+,53+,54-,55?,56+,57+,58?,59?,60?,61+,62?,63+,64+,65?,66?,67+/m1/s1. The Morgan fingerprint density at radius 1 is 0.516 bits per heavy atom. The molecule has 6 aliphatic heterocycles. The number of benzene rings is 1. The van der Waals surface area contributed by atoms with Crippen LogP contribution in [0.4, 0.5) is 0 Å². The van der Waals surface area contributed by atoms with E-state index in [0.29, 0.717) is 30.7 Å². The second kappa shape index (κ2) is 37.2. The number of unbranched alkanes of at least 4 members (excludes halogenated alkanes) is 7. The van der Waals surface area contributed by atoms with Crippen LogP contribution in [0.25, 0.3) is 6.08 Å². The molecule has 8 unspecified atom stereocenters. The maximum absolute atomic E-state index is 13.8. The number of ether oxygens (including phenoxy) is 13. The fraction of sp³-hybridized carbons (Fsp3) is 0.836. The monoisotopic (exact) mass is 1300 g/mol. The first-order chi connectivity index (χ1) is 43.6. The molecule has 6 saturated heterocycles. The Morgan fingerprint density at radius 2 is 1.09 bits per heavy atom. The average molecular weight is 1300 g/mol. The topological polar surface area (TPSA) is 333 Å². The van der Waals surface area contributed by atoms with E-state index in [1.807, 2.05) is 6.07 Å². The highest BCUT2D eigenvalue weighted by molar-refractivity contribution is 5.87. The van der Waals surface area contributed by atoms with Gasteiger partial charge in [-0.15, -0.1) is 0 Å². The van der Waals surface area contributed by atoms with Gasteiger partial charge in [-0.1, -0.05) is 147 Å². The summed E-state index contributed by atoms with van der Waals surface area (Å²) in [5.74, 6) is -1.67. The predicted octanol–water partition coefficient (Wildman–Crippen LogP) is 5.85. The van der Waals surface area contributed by atoms with Gasteiger partial charge in [-0.3, -0.25) is 9.59 Å². The number of carbonyl (C=O) groups excluding carboxylic acids is 3. The Bertz CT molecular complexity index is 2320. The van der Waals surface area contributed by atoms with E-state index in [9.17, 15) is 55.2 Å². The molecule has 1 aromatic rings. The summed E-state index contributed by atoms with van der Waals surface area (Å²) in [4.78, 5) is 41.4. The fourth-order valence-corrected chi connectivity index (χ4v) is 12.7. The van der Waals surface area contributed by atoms with Crippen LogP contribution in [0.5, 0.6) is 0 Å². The largest absolute Gasteiger partial charge is 0.455 e. The van der Waals surface area contributed by atoms with Gasteiger partial charge < -0.3 is 102 Å². The normalized spacial score (nSPS) is 40.1. The third kappa shape index (κ3) is 21.6. The molecular formula is C67H108O24. The zero-order chi connectivity index (χ0) is 65.9. The first-order valence-electron chi connectivity index (χ1n) is 33.9. The molecule has 24 heteroatoms. The highest BCUT2D eigenvalue weighted by atomic mass is 16.8. The zero-order valence-corrected chi connectivity index (χ0v) is 54.6. The van der Waals surface area contributed by atoms with Crippen molar-refractivity contribution in [3.8, 4) is 0 Å². The molecule has 0 amide bonds. The minimum Gasteiger partial charge on any atom is -0.455 e. The number of aliphatic hydroxyl groups excluding tert-OH is 8. The molecule has 0 saturated carbocycles. The molecule has 0 aliphatic carbocycles. The summed E-state index contributed by atoms with van der Waals surface area (Å²) < 4.78 is 81.9. The van der Waals surface area contributed by atoms with E-state index < -0.39 is 171 Å². The lowest BCUT2D eigenvalue weighted by Gasteiger charge is -2.50.